The Balaban J connectivity index is 2.39. The SMILES string of the molecule is CCCCC1=N[C@H](N)C(=O)Nc2ccccc21. The lowest BCUT2D eigenvalue weighted by molar-refractivity contribution is -0.117. The van der Waals surface area contributed by atoms with Crippen molar-refractivity contribution in [2.75, 3.05) is 5.32 Å². The molecule has 2 rings (SSSR count). The maximum Gasteiger partial charge on any atom is 0.263 e. The third-order valence-corrected chi connectivity index (χ3v) is 2.83. The summed E-state index contributed by atoms with van der Waals surface area (Å²) in [7, 11) is 0. The summed E-state index contributed by atoms with van der Waals surface area (Å²) in [6, 6.07) is 7.70. The number of nitrogens with one attached hydrogen (secondary N) is 1. The van der Waals surface area contributed by atoms with Gasteiger partial charge in [0.05, 0.1) is 0 Å². The number of nitrogens with two attached hydrogens (primary N) is 1. The molecule has 0 saturated heterocycles. The van der Waals surface area contributed by atoms with E-state index in [0.717, 1.165) is 36.2 Å². The smallest absolute Gasteiger partial charge is 0.263 e. The summed E-state index contributed by atoms with van der Waals surface area (Å²) in [5.74, 6) is -0.246. The van der Waals surface area contributed by atoms with Crippen LogP contribution in [0.4, 0.5) is 5.69 Å². The lowest BCUT2D eigenvalue weighted by Gasteiger charge is -2.08. The van der Waals surface area contributed by atoms with Crippen LogP contribution in [-0.2, 0) is 4.79 Å². The van der Waals surface area contributed by atoms with Crippen molar-refractivity contribution in [3.8, 4) is 0 Å². The molecule has 1 amide bonds. The largest absolute Gasteiger partial charge is 0.322 e. The van der Waals surface area contributed by atoms with Crippen molar-refractivity contribution in [3.63, 3.8) is 0 Å². The van der Waals surface area contributed by atoms with Crippen LogP contribution in [0.2, 0.25) is 0 Å². The van der Waals surface area contributed by atoms with Crippen LogP contribution in [0, 0.1) is 0 Å². The fraction of sp³-hybridized carbons (Fsp3) is 0.385. The highest BCUT2D eigenvalue weighted by Crippen LogP contribution is 2.21. The summed E-state index contributed by atoms with van der Waals surface area (Å²) in [5, 5.41) is 2.80. The molecule has 4 heteroatoms. The van der Waals surface area contributed by atoms with E-state index in [9.17, 15) is 4.79 Å². The van der Waals surface area contributed by atoms with Gasteiger partial charge in [-0.15, -0.1) is 0 Å². The molecule has 0 radical (unpaired) electrons. The predicted molar refractivity (Wildman–Crippen MR) is 69.1 cm³/mol. The summed E-state index contributed by atoms with van der Waals surface area (Å²) in [5.41, 5.74) is 8.44. The van der Waals surface area contributed by atoms with E-state index in [1.807, 2.05) is 24.3 Å². The number of hydrogen-bond acceptors (Lipinski definition) is 3. The van der Waals surface area contributed by atoms with Gasteiger partial charge in [0.1, 0.15) is 0 Å². The van der Waals surface area contributed by atoms with E-state index < -0.39 is 6.17 Å². The fourth-order valence-corrected chi connectivity index (χ4v) is 1.89. The molecule has 90 valence electrons. The monoisotopic (exact) mass is 231 g/mol. The van der Waals surface area contributed by atoms with Gasteiger partial charge in [-0.25, -0.2) is 0 Å². The van der Waals surface area contributed by atoms with Gasteiger partial charge >= 0.3 is 0 Å². The van der Waals surface area contributed by atoms with Crippen LogP contribution in [-0.4, -0.2) is 17.8 Å². The molecule has 1 aromatic carbocycles. The highest BCUT2D eigenvalue weighted by Gasteiger charge is 2.21. The molecule has 1 heterocycles. The summed E-state index contributed by atoms with van der Waals surface area (Å²) in [6.45, 7) is 2.13. The maximum absolute atomic E-state index is 11.7. The molecule has 0 unspecified atom stereocenters. The zero-order valence-corrected chi connectivity index (χ0v) is 9.94. The average Bonchev–Trinajstić information content (AvgIpc) is 2.45. The third kappa shape index (κ3) is 2.53. The molecule has 0 spiro atoms. The van der Waals surface area contributed by atoms with E-state index in [1.54, 1.807) is 0 Å². The van der Waals surface area contributed by atoms with Gasteiger partial charge in [0.15, 0.2) is 6.17 Å². The van der Waals surface area contributed by atoms with E-state index in [2.05, 4.69) is 17.2 Å². The van der Waals surface area contributed by atoms with Gasteiger partial charge in [0, 0.05) is 17.0 Å². The van der Waals surface area contributed by atoms with E-state index in [4.69, 9.17) is 5.73 Å². The number of para-hydroxylation sites is 1. The summed E-state index contributed by atoms with van der Waals surface area (Å²) in [4.78, 5) is 16.0. The number of nitrogens with zero attached hydrogens (tertiary/aromatic N) is 1. The molecular formula is C13H17N3O. The quantitative estimate of drug-likeness (QED) is 0.834. The molecule has 0 aliphatic carbocycles. The van der Waals surface area contributed by atoms with Crippen molar-refractivity contribution in [1.82, 2.24) is 0 Å². The Labute approximate surface area is 101 Å². The number of anilines is 1. The number of unbranched alkanes of at least 4 members (excludes halogenated alkanes) is 1. The minimum Gasteiger partial charge on any atom is -0.322 e. The number of benzodiazepines with no additional fused rings is 1. The first-order valence-corrected chi connectivity index (χ1v) is 5.95. The summed E-state index contributed by atoms with van der Waals surface area (Å²) in [6.07, 6.45) is 2.21. The first kappa shape index (κ1) is 11.8. The molecule has 0 saturated carbocycles. The Morgan fingerprint density at radius 2 is 2.18 bits per heavy atom. The van der Waals surface area contributed by atoms with E-state index in [0.29, 0.717) is 0 Å². The Morgan fingerprint density at radius 1 is 1.41 bits per heavy atom. The normalized spacial score (nSPS) is 19.1. The molecule has 1 aliphatic heterocycles. The molecule has 1 aliphatic rings. The van der Waals surface area contributed by atoms with Gasteiger partial charge in [-0.05, 0) is 18.9 Å². The van der Waals surface area contributed by atoms with Gasteiger partial charge < -0.3 is 11.1 Å². The Morgan fingerprint density at radius 3 is 2.94 bits per heavy atom. The van der Waals surface area contributed by atoms with Gasteiger partial charge in [-0.1, -0.05) is 31.5 Å². The standard InChI is InChI=1S/C13H17N3O/c1-2-3-7-10-9-6-4-5-8-11(9)16-13(17)12(14)15-10/h4-6,8,12H,2-3,7,14H2,1H3,(H,16,17)/t12-/m0/s1. The highest BCUT2D eigenvalue weighted by molar-refractivity contribution is 6.11. The minimum absolute atomic E-state index is 0.246. The van der Waals surface area contributed by atoms with Gasteiger partial charge in [0.25, 0.3) is 5.91 Å². The summed E-state index contributed by atoms with van der Waals surface area (Å²) >= 11 is 0. The molecular weight excluding hydrogens is 214 g/mol. The molecule has 0 aromatic heterocycles. The lowest BCUT2D eigenvalue weighted by Crippen LogP contribution is -2.33. The van der Waals surface area contributed by atoms with Crippen molar-refractivity contribution in [2.45, 2.75) is 32.4 Å². The third-order valence-electron chi connectivity index (χ3n) is 2.83. The van der Waals surface area contributed by atoms with Crippen LogP contribution in [0.1, 0.15) is 31.7 Å². The van der Waals surface area contributed by atoms with Crippen molar-refractivity contribution < 1.29 is 4.79 Å². The second-order valence-electron chi connectivity index (χ2n) is 4.16. The lowest BCUT2D eigenvalue weighted by atomic mass is 10.0. The van der Waals surface area contributed by atoms with Crippen LogP contribution < -0.4 is 11.1 Å². The Hall–Kier alpha value is -1.68. The molecule has 0 bridgehead atoms. The zero-order chi connectivity index (χ0) is 12.3. The highest BCUT2D eigenvalue weighted by atomic mass is 16.2. The van der Waals surface area contributed by atoms with Crippen molar-refractivity contribution >= 4 is 17.3 Å². The molecule has 1 atom stereocenters. The van der Waals surface area contributed by atoms with Crippen molar-refractivity contribution in [3.05, 3.63) is 29.8 Å². The Bertz CT molecular complexity index is 454. The number of amides is 1. The molecule has 3 N–H and O–H groups in total. The average molecular weight is 231 g/mol. The summed E-state index contributed by atoms with van der Waals surface area (Å²) < 4.78 is 0. The zero-order valence-electron chi connectivity index (χ0n) is 9.94. The number of carbonyl (C=O) groups excluding carboxylic acids is 1. The fourth-order valence-electron chi connectivity index (χ4n) is 1.89. The second kappa shape index (κ2) is 5.10. The number of aliphatic imine (C=N–C) groups is 1. The molecule has 4 nitrogen and oxygen atoms in total. The van der Waals surface area contributed by atoms with Gasteiger partial charge in [-0.2, -0.15) is 0 Å². The van der Waals surface area contributed by atoms with Gasteiger partial charge in [0.2, 0.25) is 0 Å². The Kier molecular flexibility index (Phi) is 3.54. The molecule has 0 fully saturated rings. The van der Waals surface area contributed by atoms with Crippen LogP contribution in [0.3, 0.4) is 0 Å². The van der Waals surface area contributed by atoms with E-state index >= 15 is 0 Å². The minimum atomic E-state index is -0.797. The molecule has 1 aromatic rings. The number of fused-ring (bicyclic) bond motifs is 1. The first-order valence-electron chi connectivity index (χ1n) is 5.95. The van der Waals surface area contributed by atoms with Crippen molar-refractivity contribution in [2.24, 2.45) is 10.7 Å². The maximum atomic E-state index is 11.7. The van der Waals surface area contributed by atoms with Crippen molar-refractivity contribution in [1.29, 1.82) is 0 Å². The molecule has 17 heavy (non-hydrogen) atoms. The van der Waals surface area contributed by atoms with Crippen LogP contribution in [0.5, 0.6) is 0 Å². The topological polar surface area (TPSA) is 67.5 Å². The second-order valence-corrected chi connectivity index (χ2v) is 4.16. The van der Waals surface area contributed by atoms with Crippen LogP contribution in [0.15, 0.2) is 29.3 Å². The van der Waals surface area contributed by atoms with Gasteiger partial charge in [-0.3, -0.25) is 9.79 Å². The number of rotatable bonds is 3. The van der Waals surface area contributed by atoms with E-state index in [-0.39, 0.29) is 5.91 Å². The van der Waals surface area contributed by atoms with Crippen LogP contribution in [0.25, 0.3) is 0 Å². The number of carbonyl (C=O) groups is 1. The predicted octanol–water partition coefficient (Wildman–Crippen LogP) is 1.90. The van der Waals surface area contributed by atoms with Crippen LogP contribution >= 0.6 is 0 Å². The van der Waals surface area contributed by atoms with E-state index in [1.165, 1.54) is 0 Å². The first-order chi connectivity index (χ1) is 8.22. The number of hydrogen-bond donors (Lipinski definition) is 2. The number of benzene rings is 1.